The third-order valence-electron chi connectivity index (χ3n) is 5.67. The van der Waals surface area contributed by atoms with Crippen LogP contribution in [0.15, 0.2) is 79.0 Å². The van der Waals surface area contributed by atoms with Crippen molar-refractivity contribution in [2.75, 3.05) is 17.2 Å². The SMILES string of the molecule is CCNCc1ccc(NC(=C2C(=O)Nc3cc(Cl)ccc32)c2ccc3cccnc3c2)cc1. The number of aromatic nitrogens is 1. The normalized spacial score (nSPS) is 14.2. The van der Waals surface area contributed by atoms with E-state index in [9.17, 15) is 4.79 Å². The minimum Gasteiger partial charge on any atom is -0.354 e. The maximum Gasteiger partial charge on any atom is 0.258 e. The largest absolute Gasteiger partial charge is 0.354 e. The molecule has 5 rings (SSSR count). The van der Waals surface area contributed by atoms with E-state index >= 15 is 0 Å². The fourth-order valence-corrected chi connectivity index (χ4v) is 4.19. The van der Waals surface area contributed by atoms with Gasteiger partial charge in [0.15, 0.2) is 0 Å². The van der Waals surface area contributed by atoms with E-state index < -0.39 is 0 Å². The lowest BCUT2D eigenvalue weighted by Crippen LogP contribution is -2.12. The summed E-state index contributed by atoms with van der Waals surface area (Å²) >= 11 is 6.17. The summed E-state index contributed by atoms with van der Waals surface area (Å²) in [5, 5.41) is 11.4. The number of amides is 1. The van der Waals surface area contributed by atoms with Crippen molar-refractivity contribution in [1.82, 2.24) is 10.3 Å². The lowest BCUT2D eigenvalue weighted by Gasteiger charge is -2.16. The zero-order chi connectivity index (χ0) is 22.8. The fourth-order valence-electron chi connectivity index (χ4n) is 4.01. The monoisotopic (exact) mass is 454 g/mol. The van der Waals surface area contributed by atoms with E-state index in [1.807, 2.05) is 48.5 Å². The molecule has 0 spiro atoms. The number of benzene rings is 3. The van der Waals surface area contributed by atoms with Gasteiger partial charge in [0.25, 0.3) is 5.91 Å². The zero-order valence-corrected chi connectivity index (χ0v) is 18.9. The second-order valence-corrected chi connectivity index (χ2v) is 8.34. The molecule has 0 unspecified atom stereocenters. The van der Waals surface area contributed by atoms with Crippen LogP contribution in [0.3, 0.4) is 0 Å². The second-order valence-electron chi connectivity index (χ2n) is 7.91. The molecule has 3 aromatic carbocycles. The van der Waals surface area contributed by atoms with Gasteiger partial charge in [0.1, 0.15) is 0 Å². The highest BCUT2D eigenvalue weighted by atomic mass is 35.5. The van der Waals surface area contributed by atoms with Gasteiger partial charge in [0.2, 0.25) is 0 Å². The number of halogens is 1. The average Bonchev–Trinajstić information content (AvgIpc) is 3.16. The molecule has 33 heavy (non-hydrogen) atoms. The number of pyridine rings is 1. The lowest BCUT2D eigenvalue weighted by atomic mass is 9.99. The molecule has 0 bridgehead atoms. The van der Waals surface area contributed by atoms with Crippen LogP contribution in [0.1, 0.15) is 23.6 Å². The number of nitrogens with zero attached hydrogens (tertiary/aromatic N) is 1. The Hall–Kier alpha value is -3.67. The van der Waals surface area contributed by atoms with Gasteiger partial charge < -0.3 is 16.0 Å². The van der Waals surface area contributed by atoms with Gasteiger partial charge in [0.05, 0.1) is 22.5 Å². The summed E-state index contributed by atoms with van der Waals surface area (Å²) in [5.41, 5.74) is 6.67. The Morgan fingerprint density at radius 2 is 1.88 bits per heavy atom. The molecule has 2 heterocycles. The van der Waals surface area contributed by atoms with Gasteiger partial charge in [-0.2, -0.15) is 0 Å². The molecule has 6 heteroatoms. The van der Waals surface area contributed by atoms with Crippen LogP contribution in [0.5, 0.6) is 0 Å². The molecule has 1 aliphatic heterocycles. The van der Waals surface area contributed by atoms with Crippen LogP contribution >= 0.6 is 11.6 Å². The van der Waals surface area contributed by atoms with Crippen molar-refractivity contribution in [1.29, 1.82) is 0 Å². The summed E-state index contributed by atoms with van der Waals surface area (Å²) in [5.74, 6) is -0.167. The van der Waals surface area contributed by atoms with Gasteiger partial charge in [0, 0.05) is 40.0 Å². The van der Waals surface area contributed by atoms with Gasteiger partial charge >= 0.3 is 0 Å². The van der Waals surface area contributed by atoms with E-state index in [0.29, 0.717) is 16.3 Å². The van der Waals surface area contributed by atoms with E-state index in [-0.39, 0.29) is 5.91 Å². The third-order valence-corrected chi connectivity index (χ3v) is 5.91. The summed E-state index contributed by atoms with van der Waals surface area (Å²) in [6, 6.07) is 23.7. The highest BCUT2D eigenvalue weighted by Crippen LogP contribution is 2.39. The van der Waals surface area contributed by atoms with E-state index in [0.717, 1.165) is 46.5 Å². The van der Waals surface area contributed by atoms with Crippen molar-refractivity contribution in [3.63, 3.8) is 0 Å². The summed E-state index contributed by atoms with van der Waals surface area (Å²) in [6.45, 7) is 3.83. The summed E-state index contributed by atoms with van der Waals surface area (Å²) in [7, 11) is 0. The molecule has 1 aromatic heterocycles. The molecule has 0 saturated heterocycles. The van der Waals surface area contributed by atoms with Crippen LogP contribution in [0, 0.1) is 0 Å². The molecule has 0 radical (unpaired) electrons. The predicted octanol–water partition coefficient (Wildman–Crippen LogP) is 5.93. The zero-order valence-electron chi connectivity index (χ0n) is 18.2. The Labute approximate surface area is 197 Å². The number of nitrogens with one attached hydrogen (secondary N) is 3. The molecule has 1 aliphatic rings. The third kappa shape index (κ3) is 4.33. The maximum absolute atomic E-state index is 13.1. The number of anilines is 2. The lowest BCUT2D eigenvalue weighted by molar-refractivity contribution is -0.110. The van der Waals surface area contributed by atoms with Crippen LogP contribution in [0.4, 0.5) is 11.4 Å². The first-order chi connectivity index (χ1) is 16.1. The van der Waals surface area contributed by atoms with Crippen molar-refractivity contribution in [3.05, 3.63) is 101 Å². The first-order valence-electron chi connectivity index (χ1n) is 10.9. The molecule has 1 amide bonds. The minimum absolute atomic E-state index is 0.167. The molecular formula is C27H23ClN4O. The van der Waals surface area contributed by atoms with Crippen molar-refractivity contribution >= 4 is 51.1 Å². The van der Waals surface area contributed by atoms with Gasteiger partial charge in [-0.1, -0.05) is 54.9 Å². The van der Waals surface area contributed by atoms with Gasteiger partial charge in [-0.3, -0.25) is 9.78 Å². The highest BCUT2D eigenvalue weighted by molar-refractivity contribution is 6.38. The number of carbonyl (C=O) groups is 1. The summed E-state index contributed by atoms with van der Waals surface area (Å²) < 4.78 is 0. The van der Waals surface area contributed by atoms with Crippen LogP contribution in [-0.2, 0) is 11.3 Å². The van der Waals surface area contributed by atoms with Crippen LogP contribution < -0.4 is 16.0 Å². The number of carbonyl (C=O) groups excluding carboxylic acids is 1. The van der Waals surface area contributed by atoms with Crippen LogP contribution in [-0.4, -0.2) is 17.4 Å². The van der Waals surface area contributed by atoms with Gasteiger partial charge in [-0.15, -0.1) is 0 Å². The molecule has 164 valence electrons. The standard InChI is InChI=1S/C27H23ClN4O/c1-2-29-16-17-5-10-21(11-6-17)31-26(19-8-7-18-4-3-13-30-23(18)14-19)25-22-12-9-20(28)15-24(22)32-27(25)33/h3-15,29,31H,2,16H2,1H3,(H,32,33). The first-order valence-corrected chi connectivity index (χ1v) is 11.3. The number of rotatable bonds is 6. The molecule has 0 atom stereocenters. The quantitative estimate of drug-likeness (QED) is 0.316. The Morgan fingerprint density at radius 1 is 1.03 bits per heavy atom. The second kappa shape index (κ2) is 9.06. The number of fused-ring (bicyclic) bond motifs is 2. The van der Waals surface area contributed by atoms with Crippen LogP contribution in [0.25, 0.3) is 22.2 Å². The van der Waals surface area contributed by atoms with E-state index in [2.05, 4.69) is 40.0 Å². The van der Waals surface area contributed by atoms with Crippen LogP contribution in [0.2, 0.25) is 5.02 Å². The van der Waals surface area contributed by atoms with E-state index in [1.165, 1.54) is 5.56 Å². The Balaban J connectivity index is 1.63. The van der Waals surface area contributed by atoms with Gasteiger partial charge in [-0.25, -0.2) is 0 Å². The Kier molecular flexibility index (Phi) is 5.82. The maximum atomic E-state index is 13.1. The van der Waals surface area contributed by atoms with E-state index in [1.54, 1.807) is 18.3 Å². The molecule has 0 aliphatic carbocycles. The number of hydrogen-bond acceptors (Lipinski definition) is 4. The number of hydrogen-bond donors (Lipinski definition) is 3. The smallest absolute Gasteiger partial charge is 0.258 e. The molecular weight excluding hydrogens is 432 g/mol. The summed E-state index contributed by atoms with van der Waals surface area (Å²) in [6.07, 6.45) is 1.77. The van der Waals surface area contributed by atoms with Crippen molar-refractivity contribution in [2.24, 2.45) is 0 Å². The molecule has 0 saturated carbocycles. The molecule has 3 N–H and O–H groups in total. The average molecular weight is 455 g/mol. The minimum atomic E-state index is -0.167. The Morgan fingerprint density at radius 3 is 2.70 bits per heavy atom. The topological polar surface area (TPSA) is 66.0 Å². The van der Waals surface area contributed by atoms with E-state index in [4.69, 9.17) is 11.6 Å². The Bertz CT molecular complexity index is 1380. The molecule has 5 nitrogen and oxygen atoms in total. The summed E-state index contributed by atoms with van der Waals surface area (Å²) in [4.78, 5) is 17.6. The van der Waals surface area contributed by atoms with Crippen molar-refractivity contribution in [2.45, 2.75) is 13.5 Å². The fraction of sp³-hybridized carbons (Fsp3) is 0.111. The van der Waals surface area contributed by atoms with Crippen molar-refractivity contribution in [3.8, 4) is 0 Å². The molecule has 0 fully saturated rings. The first kappa shape index (κ1) is 21.2. The van der Waals surface area contributed by atoms with Crippen molar-refractivity contribution < 1.29 is 4.79 Å². The van der Waals surface area contributed by atoms with Gasteiger partial charge in [-0.05, 0) is 48.5 Å². The highest BCUT2D eigenvalue weighted by Gasteiger charge is 2.28. The predicted molar refractivity (Wildman–Crippen MR) is 136 cm³/mol. The molecule has 4 aromatic rings.